The second-order valence-electron chi connectivity index (χ2n) is 6.24. The van der Waals surface area contributed by atoms with Gasteiger partial charge in [0, 0.05) is 11.1 Å². The molecule has 0 aromatic heterocycles. The summed E-state index contributed by atoms with van der Waals surface area (Å²) < 4.78 is 6.33. The van der Waals surface area contributed by atoms with Crippen molar-refractivity contribution in [1.82, 2.24) is 5.32 Å². The largest absolute Gasteiger partial charge is 0.452 e. The van der Waals surface area contributed by atoms with E-state index in [2.05, 4.69) is 53.8 Å². The summed E-state index contributed by atoms with van der Waals surface area (Å²) in [6.07, 6.45) is 0.824. The smallest absolute Gasteiger partial charge is 0.258 e. The lowest BCUT2D eigenvalue weighted by atomic mass is 9.78. The molecule has 1 heterocycles. The average Bonchev–Trinajstić information content (AvgIpc) is 3.01. The van der Waals surface area contributed by atoms with Crippen molar-refractivity contribution in [2.24, 2.45) is 0 Å². The summed E-state index contributed by atoms with van der Waals surface area (Å²) in [5, 5.41) is 3.85. The molecule has 1 saturated heterocycles. The normalized spacial score (nSPS) is 18.4. The monoisotopic (exact) mass is 345 g/mol. The fourth-order valence-electron chi connectivity index (χ4n) is 3.59. The zero-order valence-corrected chi connectivity index (χ0v) is 14.6. The van der Waals surface area contributed by atoms with Crippen LogP contribution in [-0.4, -0.2) is 11.2 Å². The van der Waals surface area contributed by atoms with Gasteiger partial charge >= 0.3 is 0 Å². The van der Waals surface area contributed by atoms with Crippen LogP contribution in [0.4, 0.5) is 0 Å². The Labute approximate surface area is 153 Å². The van der Waals surface area contributed by atoms with Gasteiger partial charge in [0.25, 0.3) is 5.17 Å². The number of ether oxygens (including phenoxy) is 1. The highest BCUT2D eigenvalue weighted by Gasteiger charge is 2.50. The topological polar surface area (TPSA) is 21.3 Å². The zero-order chi connectivity index (χ0) is 17.1. The van der Waals surface area contributed by atoms with E-state index in [1.54, 1.807) is 0 Å². The molecule has 1 fully saturated rings. The van der Waals surface area contributed by atoms with Crippen LogP contribution in [0.5, 0.6) is 0 Å². The maximum Gasteiger partial charge on any atom is 0.258 e. The summed E-state index contributed by atoms with van der Waals surface area (Å²) in [7, 11) is 0. The molecule has 124 valence electrons. The second-order valence-corrected chi connectivity index (χ2v) is 6.61. The van der Waals surface area contributed by atoms with E-state index in [0.717, 1.165) is 17.5 Å². The van der Waals surface area contributed by atoms with Gasteiger partial charge in [-0.15, -0.1) is 0 Å². The lowest BCUT2D eigenvalue weighted by Crippen LogP contribution is -2.43. The Kier molecular flexibility index (Phi) is 4.24. The van der Waals surface area contributed by atoms with Crippen LogP contribution in [0, 0.1) is 0 Å². The van der Waals surface area contributed by atoms with E-state index in [-0.39, 0.29) is 6.04 Å². The zero-order valence-electron chi connectivity index (χ0n) is 13.8. The molecule has 0 saturated carbocycles. The Hall–Kier alpha value is -2.65. The minimum Gasteiger partial charge on any atom is -0.452 e. The number of thiocarbonyl (C=S) groups is 1. The van der Waals surface area contributed by atoms with Crippen molar-refractivity contribution in [2.45, 2.75) is 18.1 Å². The predicted molar refractivity (Wildman–Crippen MR) is 104 cm³/mol. The average molecular weight is 345 g/mol. The van der Waals surface area contributed by atoms with Gasteiger partial charge in [-0.2, -0.15) is 0 Å². The summed E-state index contributed by atoms with van der Waals surface area (Å²) in [4.78, 5) is 0. The van der Waals surface area contributed by atoms with Gasteiger partial charge in [-0.3, -0.25) is 0 Å². The molecule has 25 heavy (non-hydrogen) atoms. The van der Waals surface area contributed by atoms with E-state index in [1.807, 2.05) is 42.5 Å². The van der Waals surface area contributed by atoms with Crippen molar-refractivity contribution < 1.29 is 4.74 Å². The van der Waals surface area contributed by atoms with E-state index >= 15 is 0 Å². The maximum absolute atomic E-state index is 6.33. The molecule has 4 rings (SSSR count). The first-order valence-electron chi connectivity index (χ1n) is 8.43. The van der Waals surface area contributed by atoms with Gasteiger partial charge in [0.15, 0.2) is 5.60 Å². The van der Waals surface area contributed by atoms with Crippen molar-refractivity contribution in [2.75, 3.05) is 0 Å². The van der Waals surface area contributed by atoms with Crippen LogP contribution in [0.1, 0.15) is 16.7 Å². The Morgan fingerprint density at radius 1 is 0.760 bits per heavy atom. The van der Waals surface area contributed by atoms with Crippen LogP contribution in [0.3, 0.4) is 0 Å². The molecule has 1 atom stereocenters. The van der Waals surface area contributed by atoms with Crippen molar-refractivity contribution in [3.63, 3.8) is 0 Å². The fourth-order valence-corrected chi connectivity index (χ4v) is 3.87. The van der Waals surface area contributed by atoms with Crippen LogP contribution in [0.2, 0.25) is 0 Å². The highest BCUT2D eigenvalue weighted by atomic mass is 32.1. The maximum atomic E-state index is 6.33. The summed E-state index contributed by atoms with van der Waals surface area (Å²) >= 11 is 5.43. The van der Waals surface area contributed by atoms with Gasteiger partial charge in [0.2, 0.25) is 0 Å². The predicted octanol–water partition coefficient (Wildman–Crippen LogP) is 4.45. The molecule has 3 heteroatoms. The van der Waals surface area contributed by atoms with Crippen LogP contribution in [0.15, 0.2) is 91.0 Å². The number of nitrogens with one attached hydrogen (secondary N) is 1. The highest BCUT2D eigenvalue weighted by Crippen LogP contribution is 2.41. The minimum absolute atomic E-state index is 0.0206. The standard InChI is InChI=1S/C22H19NOS/c25-21-23-20(16-17-10-4-1-5-11-17)22(24-21,18-12-6-2-7-13-18)19-14-8-3-9-15-19/h1-15,20H,16H2,(H,23,25)/t20-/m0/s1. The van der Waals surface area contributed by atoms with Gasteiger partial charge in [0.05, 0.1) is 6.04 Å². The number of benzene rings is 3. The van der Waals surface area contributed by atoms with Gasteiger partial charge in [-0.05, 0) is 24.2 Å². The Morgan fingerprint density at radius 2 is 1.24 bits per heavy atom. The summed E-state index contributed by atoms with van der Waals surface area (Å²) in [6.45, 7) is 0. The van der Waals surface area contributed by atoms with E-state index in [1.165, 1.54) is 5.56 Å². The molecule has 3 aromatic rings. The molecular formula is C22H19NOS. The fraction of sp³-hybridized carbons (Fsp3) is 0.136. The van der Waals surface area contributed by atoms with E-state index in [9.17, 15) is 0 Å². The number of hydrogen-bond acceptors (Lipinski definition) is 2. The van der Waals surface area contributed by atoms with Gasteiger partial charge in [-0.25, -0.2) is 0 Å². The summed E-state index contributed by atoms with van der Waals surface area (Å²) in [5.41, 5.74) is 2.84. The van der Waals surface area contributed by atoms with Crippen molar-refractivity contribution in [3.8, 4) is 0 Å². The van der Waals surface area contributed by atoms with Crippen LogP contribution in [0.25, 0.3) is 0 Å². The van der Waals surface area contributed by atoms with E-state index < -0.39 is 5.60 Å². The lowest BCUT2D eigenvalue weighted by molar-refractivity contribution is 0.107. The third-order valence-electron chi connectivity index (χ3n) is 4.72. The molecular weight excluding hydrogens is 326 g/mol. The first-order valence-corrected chi connectivity index (χ1v) is 8.84. The first kappa shape index (κ1) is 15.9. The molecule has 1 N–H and O–H groups in total. The Bertz CT molecular complexity index is 809. The second kappa shape index (κ2) is 6.69. The van der Waals surface area contributed by atoms with Crippen molar-refractivity contribution >= 4 is 17.4 Å². The molecule has 3 aromatic carbocycles. The molecule has 0 bridgehead atoms. The van der Waals surface area contributed by atoms with Crippen LogP contribution < -0.4 is 5.32 Å². The summed E-state index contributed by atoms with van der Waals surface area (Å²) in [5.74, 6) is 0. The van der Waals surface area contributed by atoms with E-state index in [4.69, 9.17) is 17.0 Å². The highest BCUT2D eigenvalue weighted by molar-refractivity contribution is 7.80. The van der Waals surface area contributed by atoms with Crippen LogP contribution in [-0.2, 0) is 16.8 Å². The molecule has 2 nitrogen and oxygen atoms in total. The molecule has 1 aliphatic rings. The SMILES string of the molecule is S=C1N[C@@H](Cc2ccccc2)C(c2ccccc2)(c2ccccc2)O1. The van der Waals surface area contributed by atoms with E-state index in [0.29, 0.717) is 5.17 Å². The Morgan fingerprint density at radius 3 is 1.76 bits per heavy atom. The molecule has 0 spiro atoms. The third-order valence-corrected chi connectivity index (χ3v) is 4.93. The third kappa shape index (κ3) is 2.92. The van der Waals surface area contributed by atoms with Crippen LogP contribution >= 0.6 is 12.2 Å². The van der Waals surface area contributed by atoms with Gasteiger partial charge in [-0.1, -0.05) is 91.0 Å². The first-order chi connectivity index (χ1) is 12.3. The molecule has 0 unspecified atom stereocenters. The molecule has 1 aliphatic heterocycles. The Balaban J connectivity index is 1.85. The molecule has 0 radical (unpaired) electrons. The van der Waals surface area contributed by atoms with Crippen molar-refractivity contribution in [1.29, 1.82) is 0 Å². The molecule has 0 aliphatic carbocycles. The number of hydrogen-bond donors (Lipinski definition) is 1. The lowest BCUT2D eigenvalue weighted by Gasteiger charge is -2.34. The van der Waals surface area contributed by atoms with Gasteiger partial charge < -0.3 is 10.1 Å². The quantitative estimate of drug-likeness (QED) is 0.706. The minimum atomic E-state index is -0.630. The number of rotatable bonds is 4. The summed E-state index contributed by atoms with van der Waals surface area (Å²) in [6, 6.07) is 31.1. The van der Waals surface area contributed by atoms with Crippen molar-refractivity contribution in [3.05, 3.63) is 108 Å². The van der Waals surface area contributed by atoms with Gasteiger partial charge in [0.1, 0.15) is 0 Å². The molecule has 0 amide bonds.